The summed E-state index contributed by atoms with van der Waals surface area (Å²) < 4.78 is 7.01. The number of aromatic nitrogens is 3. The van der Waals surface area contributed by atoms with E-state index in [9.17, 15) is 9.59 Å². The quantitative estimate of drug-likeness (QED) is 0.319. The van der Waals surface area contributed by atoms with Crippen molar-refractivity contribution in [2.24, 2.45) is 0 Å². The van der Waals surface area contributed by atoms with Gasteiger partial charge in [-0.1, -0.05) is 47.7 Å². The van der Waals surface area contributed by atoms with E-state index in [4.69, 9.17) is 4.74 Å². The van der Waals surface area contributed by atoms with E-state index in [0.29, 0.717) is 17.5 Å². The first kappa shape index (κ1) is 25.0. The second-order valence-electron chi connectivity index (χ2n) is 7.76. The number of carbonyl (C=O) groups excluding carboxylic acids is 2. The summed E-state index contributed by atoms with van der Waals surface area (Å²) in [5.41, 5.74) is 2.76. The first-order chi connectivity index (χ1) is 16.4. The maximum atomic E-state index is 12.6. The number of methoxy groups -OCH3 is 1. The molecule has 0 spiro atoms. The van der Waals surface area contributed by atoms with Crippen LogP contribution < -0.4 is 15.4 Å². The number of amides is 2. The summed E-state index contributed by atoms with van der Waals surface area (Å²) in [4.78, 5) is 24.9. The Bertz CT molecular complexity index is 1130. The van der Waals surface area contributed by atoms with Crippen LogP contribution in [0.3, 0.4) is 0 Å². The molecule has 0 radical (unpaired) electrons. The van der Waals surface area contributed by atoms with E-state index < -0.39 is 0 Å². The maximum absolute atomic E-state index is 12.6. The van der Waals surface area contributed by atoms with Crippen molar-refractivity contribution < 1.29 is 14.3 Å². The minimum absolute atomic E-state index is 0.127. The average molecular weight is 480 g/mol. The Morgan fingerprint density at radius 3 is 2.47 bits per heavy atom. The molecule has 9 heteroatoms. The smallest absolute Gasteiger partial charge is 0.234 e. The number of ether oxygens (including phenoxy) is 1. The van der Waals surface area contributed by atoms with Gasteiger partial charge < -0.3 is 19.9 Å². The topological polar surface area (TPSA) is 98.1 Å². The summed E-state index contributed by atoms with van der Waals surface area (Å²) in [7, 11) is 1.60. The molecule has 3 aromatic rings. The zero-order chi connectivity index (χ0) is 24.5. The molecule has 1 aromatic heterocycles. The van der Waals surface area contributed by atoms with Crippen molar-refractivity contribution in [3.8, 4) is 5.75 Å². The third kappa shape index (κ3) is 6.95. The van der Waals surface area contributed by atoms with Crippen molar-refractivity contribution in [2.75, 3.05) is 18.2 Å². The number of aryl methyl sites for hydroxylation is 1. The number of thioether (sulfide) groups is 1. The number of hydrogen-bond donors (Lipinski definition) is 2. The highest BCUT2D eigenvalue weighted by atomic mass is 32.2. The minimum Gasteiger partial charge on any atom is -0.497 e. The molecule has 2 amide bonds. The molecule has 3 rings (SSSR count). The van der Waals surface area contributed by atoms with Crippen LogP contribution >= 0.6 is 11.8 Å². The van der Waals surface area contributed by atoms with E-state index in [1.165, 1.54) is 11.8 Å². The zero-order valence-electron chi connectivity index (χ0n) is 19.6. The molecule has 34 heavy (non-hydrogen) atoms. The van der Waals surface area contributed by atoms with Gasteiger partial charge in [0.2, 0.25) is 11.8 Å². The minimum atomic E-state index is -0.367. The van der Waals surface area contributed by atoms with Gasteiger partial charge in [0.05, 0.1) is 25.3 Å². The second kappa shape index (κ2) is 12.0. The molecule has 0 saturated heterocycles. The molecule has 0 aliphatic carbocycles. The van der Waals surface area contributed by atoms with Crippen LogP contribution in [0, 0.1) is 6.92 Å². The second-order valence-corrected chi connectivity index (χ2v) is 8.70. The highest BCUT2D eigenvalue weighted by Gasteiger charge is 2.20. The first-order valence-corrected chi connectivity index (χ1v) is 11.8. The molecule has 0 aliphatic rings. The van der Waals surface area contributed by atoms with Gasteiger partial charge >= 0.3 is 0 Å². The Labute approximate surface area is 203 Å². The van der Waals surface area contributed by atoms with Crippen LogP contribution in [0.5, 0.6) is 5.75 Å². The van der Waals surface area contributed by atoms with E-state index in [1.807, 2.05) is 66.9 Å². The average Bonchev–Trinajstić information content (AvgIpc) is 3.22. The van der Waals surface area contributed by atoms with E-state index in [2.05, 4.69) is 27.4 Å². The normalized spacial score (nSPS) is 11.5. The van der Waals surface area contributed by atoms with Crippen molar-refractivity contribution in [1.82, 2.24) is 20.1 Å². The molecular weight excluding hydrogens is 450 g/mol. The first-order valence-electron chi connectivity index (χ1n) is 10.8. The lowest BCUT2D eigenvalue weighted by Gasteiger charge is -2.15. The number of nitrogens with one attached hydrogen (secondary N) is 2. The fourth-order valence-corrected chi connectivity index (χ4v) is 4.03. The molecule has 1 heterocycles. The zero-order valence-corrected chi connectivity index (χ0v) is 20.4. The summed E-state index contributed by atoms with van der Waals surface area (Å²) in [5, 5.41) is 14.9. The van der Waals surface area contributed by atoms with Gasteiger partial charge in [-0.25, -0.2) is 0 Å². The Kier molecular flexibility index (Phi) is 8.86. The van der Waals surface area contributed by atoms with Gasteiger partial charge in [-0.05, 0) is 43.7 Å². The molecule has 0 fully saturated rings. The van der Waals surface area contributed by atoms with Crippen LogP contribution in [0.25, 0.3) is 0 Å². The molecule has 178 valence electrons. The van der Waals surface area contributed by atoms with Crippen molar-refractivity contribution >= 4 is 29.3 Å². The predicted molar refractivity (Wildman–Crippen MR) is 134 cm³/mol. The fourth-order valence-electron chi connectivity index (χ4n) is 3.28. The Balaban J connectivity index is 1.60. The molecule has 0 saturated carbocycles. The van der Waals surface area contributed by atoms with Crippen molar-refractivity contribution in [3.05, 3.63) is 78.1 Å². The standard InChI is InChI=1S/C25H29N5O3S/c1-5-14-30-24(18(3)26-22(31)15-19-8-12-21(33-4)13-9-19)28-29-25(30)34-16-23(32)27-20-10-6-17(2)7-11-20/h5-13,18H,1,14-16H2,2-4H3,(H,26,31)(H,27,32). The van der Waals surface area contributed by atoms with Crippen LogP contribution in [0.1, 0.15) is 29.9 Å². The number of carbonyl (C=O) groups is 2. The number of benzene rings is 2. The highest BCUT2D eigenvalue weighted by molar-refractivity contribution is 7.99. The predicted octanol–water partition coefficient (Wildman–Crippen LogP) is 3.93. The third-order valence-electron chi connectivity index (χ3n) is 5.01. The lowest BCUT2D eigenvalue weighted by atomic mass is 10.1. The summed E-state index contributed by atoms with van der Waals surface area (Å²) in [6, 6.07) is 14.6. The molecule has 1 unspecified atom stereocenters. The van der Waals surface area contributed by atoms with Gasteiger partial charge in [0.1, 0.15) is 5.75 Å². The monoisotopic (exact) mass is 479 g/mol. The van der Waals surface area contributed by atoms with Gasteiger partial charge in [-0.15, -0.1) is 16.8 Å². The van der Waals surface area contributed by atoms with Crippen LogP contribution in [-0.4, -0.2) is 39.4 Å². The number of rotatable bonds is 11. The van der Waals surface area contributed by atoms with Gasteiger partial charge in [-0.2, -0.15) is 0 Å². The summed E-state index contributed by atoms with van der Waals surface area (Å²) in [6.45, 7) is 8.11. The Morgan fingerprint density at radius 1 is 1.12 bits per heavy atom. The van der Waals surface area contributed by atoms with Crippen LogP contribution in [0.4, 0.5) is 5.69 Å². The highest BCUT2D eigenvalue weighted by Crippen LogP contribution is 2.21. The number of nitrogens with zero attached hydrogens (tertiary/aromatic N) is 3. The molecule has 2 N–H and O–H groups in total. The Morgan fingerprint density at radius 2 is 1.82 bits per heavy atom. The van der Waals surface area contributed by atoms with Crippen LogP contribution in [-0.2, 0) is 22.6 Å². The van der Waals surface area contributed by atoms with Gasteiger partial charge in [-0.3, -0.25) is 9.59 Å². The van der Waals surface area contributed by atoms with Gasteiger partial charge in [0.15, 0.2) is 11.0 Å². The van der Waals surface area contributed by atoms with Crippen LogP contribution in [0.2, 0.25) is 0 Å². The number of hydrogen-bond acceptors (Lipinski definition) is 6. The third-order valence-corrected chi connectivity index (χ3v) is 5.98. The lowest BCUT2D eigenvalue weighted by Crippen LogP contribution is -2.30. The van der Waals surface area contributed by atoms with Gasteiger partial charge in [0.25, 0.3) is 0 Å². The molecule has 0 bridgehead atoms. The van der Waals surface area contributed by atoms with E-state index in [1.54, 1.807) is 13.2 Å². The molecule has 2 aromatic carbocycles. The van der Waals surface area contributed by atoms with E-state index in [0.717, 1.165) is 22.6 Å². The summed E-state index contributed by atoms with van der Waals surface area (Å²) >= 11 is 1.29. The van der Waals surface area contributed by atoms with Crippen molar-refractivity contribution in [3.63, 3.8) is 0 Å². The molecule has 0 aliphatic heterocycles. The fraction of sp³-hybridized carbons (Fsp3) is 0.280. The lowest BCUT2D eigenvalue weighted by molar-refractivity contribution is -0.121. The molecular formula is C25H29N5O3S. The summed E-state index contributed by atoms with van der Waals surface area (Å²) in [5.74, 6) is 1.26. The van der Waals surface area contributed by atoms with Crippen LogP contribution in [0.15, 0.2) is 66.3 Å². The molecule has 1 atom stereocenters. The number of anilines is 1. The SMILES string of the molecule is C=CCn1c(SCC(=O)Nc2ccc(C)cc2)nnc1C(C)NC(=O)Cc1ccc(OC)cc1. The van der Waals surface area contributed by atoms with E-state index >= 15 is 0 Å². The largest absolute Gasteiger partial charge is 0.497 e. The van der Waals surface area contributed by atoms with E-state index in [-0.39, 0.29) is 30.0 Å². The Hall–Kier alpha value is -3.59. The van der Waals surface area contributed by atoms with Crippen molar-refractivity contribution in [2.45, 2.75) is 38.0 Å². The summed E-state index contributed by atoms with van der Waals surface area (Å²) in [6.07, 6.45) is 1.97. The maximum Gasteiger partial charge on any atom is 0.234 e. The number of allylic oxidation sites excluding steroid dienone is 1. The molecule has 8 nitrogen and oxygen atoms in total. The van der Waals surface area contributed by atoms with Gasteiger partial charge in [0, 0.05) is 12.2 Å². The van der Waals surface area contributed by atoms with Crippen molar-refractivity contribution in [1.29, 1.82) is 0 Å².